The number of nitrogens with zero attached hydrogens (tertiary/aromatic N) is 1. The largest absolute Gasteiger partial charge is 0.384 e. The third kappa shape index (κ3) is 4.80. The first-order valence-electron chi connectivity index (χ1n) is 7.40. The molecule has 0 radical (unpaired) electrons. The topological polar surface area (TPSA) is 57.6 Å². The molecule has 1 unspecified atom stereocenters. The maximum atomic E-state index is 11.5. The van der Waals surface area contributed by atoms with E-state index in [0.717, 1.165) is 18.0 Å². The Morgan fingerprint density at radius 3 is 2.33 bits per heavy atom. The van der Waals surface area contributed by atoms with Gasteiger partial charge in [0.2, 0.25) is 0 Å². The van der Waals surface area contributed by atoms with Gasteiger partial charge in [-0.25, -0.2) is 8.42 Å². The van der Waals surface area contributed by atoms with Crippen LogP contribution in [-0.4, -0.2) is 44.8 Å². The van der Waals surface area contributed by atoms with E-state index in [2.05, 4.69) is 4.90 Å². The fraction of sp³-hybridized carbons (Fsp3) is 0.625. The Hall–Kier alpha value is -0.910. The normalized spacial score (nSPS) is 18.7. The van der Waals surface area contributed by atoms with E-state index in [4.69, 9.17) is 0 Å². The number of likely N-dealkylation sites (N-methyl/N-ethyl adjacent to an activating group) is 1. The van der Waals surface area contributed by atoms with E-state index in [1.807, 2.05) is 7.05 Å². The molecular formula is C16H25NO3S. The van der Waals surface area contributed by atoms with Gasteiger partial charge in [-0.15, -0.1) is 0 Å². The van der Waals surface area contributed by atoms with Crippen LogP contribution in [0.5, 0.6) is 0 Å². The van der Waals surface area contributed by atoms with Crippen molar-refractivity contribution < 1.29 is 13.5 Å². The monoisotopic (exact) mass is 311 g/mol. The summed E-state index contributed by atoms with van der Waals surface area (Å²) in [6.45, 7) is 3.30. The van der Waals surface area contributed by atoms with Crippen molar-refractivity contribution in [2.75, 3.05) is 26.4 Å². The van der Waals surface area contributed by atoms with Gasteiger partial charge < -0.3 is 10.0 Å². The molecule has 0 bridgehead atoms. The Morgan fingerprint density at radius 1 is 1.29 bits per heavy atom. The molecule has 1 N–H and O–H groups in total. The van der Waals surface area contributed by atoms with Gasteiger partial charge in [0, 0.05) is 12.8 Å². The lowest BCUT2D eigenvalue weighted by atomic mass is 9.95. The summed E-state index contributed by atoms with van der Waals surface area (Å²) in [6.07, 6.45) is 5.07. The minimum Gasteiger partial charge on any atom is -0.384 e. The minimum atomic E-state index is -3.19. The molecule has 0 aromatic heterocycles. The zero-order chi connectivity index (χ0) is 15.7. The Kier molecular flexibility index (Phi) is 4.76. The predicted octanol–water partition coefficient (Wildman–Crippen LogP) is 2.03. The van der Waals surface area contributed by atoms with E-state index in [-0.39, 0.29) is 4.90 Å². The van der Waals surface area contributed by atoms with Crippen LogP contribution in [0, 0.1) is 5.92 Å². The predicted molar refractivity (Wildman–Crippen MR) is 84.0 cm³/mol. The molecule has 118 valence electrons. The van der Waals surface area contributed by atoms with Gasteiger partial charge >= 0.3 is 0 Å². The van der Waals surface area contributed by atoms with Crippen LogP contribution >= 0.6 is 0 Å². The molecule has 5 heteroatoms. The molecule has 1 saturated carbocycles. The first kappa shape index (κ1) is 16.5. The number of hydrogen-bond acceptors (Lipinski definition) is 4. The number of hydrogen-bond donors (Lipinski definition) is 1. The van der Waals surface area contributed by atoms with Gasteiger partial charge in [-0.3, -0.25) is 0 Å². The molecule has 0 heterocycles. The molecule has 4 nitrogen and oxygen atoms in total. The number of benzene rings is 1. The fourth-order valence-electron chi connectivity index (χ4n) is 2.57. The van der Waals surface area contributed by atoms with Gasteiger partial charge in [-0.1, -0.05) is 25.0 Å². The summed E-state index contributed by atoms with van der Waals surface area (Å²) >= 11 is 0. The average molecular weight is 311 g/mol. The Balaban J connectivity index is 2.00. The van der Waals surface area contributed by atoms with Gasteiger partial charge in [-0.2, -0.15) is 0 Å². The highest BCUT2D eigenvalue weighted by atomic mass is 32.2. The molecule has 21 heavy (non-hydrogen) atoms. The summed E-state index contributed by atoms with van der Waals surface area (Å²) in [5, 5.41) is 10.6. The minimum absolute atomic E-state index is 0.282. The fourth-order valence-corrected chi connectivity index (χ4v) is 3.20. The van der Waals surface area contributed by atoms with Crippen molar-refractivity contribution >= 4 is 9.84 Å². The van der Waals surface area contributed by atoms with Crippen LogP contribution in [0.15, 0.2) is 29.2 Å². The maximum Gasteiger partial charge on any atom is 0.175 e. The second-order valence-electron chi connectivity index (χ2n) is 6.54. The molecule has 2 rings (SSSR count). The highest BCUT2D eigenvalue weighted by molar-refractivity contribution is 7.90. The van der Waals surface area contributed by atoms with Crippen LogP contribution in [0.4, 0.5) is 0 Å². The van der Waals surface area contributed by atoms with Crippen LogP contribution in [0.2, 0.25) is 0 Å². The van der Waals surface area contributed by atoms with E-state index in [9.17, 15) is 13.5 Å². The summed E-state index contributed by atoms with van der Waals surface area (Å²) in [7, 11) is -1.18. The second kappa shape index (κ2) is 6.07. The molecule has 0 aliphatic heterocycles. The highest BCUT2D eigenvalue weighted by Gasteiger charge is 2.27. The number of sulfone groups is 1. The smallest absolute Gasteiger partial charge is 0.175 e. The summed E-state index contributed by atoms with van der Waals surface area (Å²) in [5.41, 5.74) is -0.234. The van der Waals surface area contributed by atoms with Gasteiger partial charge in [0.1, 0.15) is 0 Å². The molecule has 1 aromatic carbocycles. The second-order valence-corrected chi connectivity index (χ2v) is 8.56. The van der Waals surface area contributed by atoms with Crippen LogP contribution in [0.1, 0.15) is 31.7 Å². The van der Waals surface area contributed by atoms with Crippen LogP contribution < -0.4 is 0 Å². The van der Waals surface area contributed by atoms with Crippen molar-refractivity contribution in [1.29, 1.82) is 0 Å². The lowest BCUT2D eigenvalue weighted by Crippen LogP contribution is -2.37. The van der Waals surface area contributed by atoms with E-state index in [1.165, 1.54) is 25.5 Å². The zero-order valence-electron chi connectivity index (χ0n) is 13.0. The highest BCUT2D eigenvalue weighted by Crippen LogP contribution is 2.32. The Morgan fingerprint density at radius 2 is 1.86 bits per heavy atom. The first-order valence-corrected chi connectivity index (χ1v) is 9.29. The molecule has 1 aromatic rings. The number of aliphatic hydroxyl groups is 1. The van der Waals surface area contributed by atoms with E-state index in [1.54, 1.807) is 31.2 Å². The lowest BCUT2D eigenvalue weighted by Gasteiger charge is -2.29. The van der Waals surface area contributed by atoms with Gasteiger partial charge in [0.15, 0.2) is 9.84 Å². The van der Waals surface area contributed by atoms with Crippen molar-refractivity contribution in [2.24, 2.45) is 5.92 Å². The third-order valence-corrected chi connectivity index (χ3v) is 5.23. The van der Waals surface area contributed by atoms with E-state index >= 15 is 0 Å². The summed E-state index contributed by atoms with van der Waals surface area (Å²) in [4.78, 5) is 2.42. The third-order valence-electron chi connectivity index (χ3n) is 4.10. The molecule has 1 fully saturated rings. The molecule has 0 spiro atoms. The zero-order valence-corrected chi connectivity index (χ0v) is 13.9. The SMILES string of the molecule is CN(CCC1CC1)CC(C)(O)c1ccc(S(C)(=O)=O)cc1. The van der Waals surface area contributed by atoms with Crippen LogP contribution in [0.3, 0.4) is 0 Å². The van der Waals surface area contributed by atoms with Crippen molar-refractivity contribution in [2.45, 2.75) is 36.7 Å². The van der Waals surface area contributed by atoms with Crippen LogP contribution in [0.25, 0.3) is 0 Å². The quantitative estimate of drug-likeness (QED) is 0.837. The van der Waals surface area contributed by atoms with Crippen molar-refractivity contribution in [1.82, 2.24) is 4.90 Å². The van der Waals surface area contributed by atoms with Crippen molar-refractivity contribution in [3.8, 4) is 0 Å². The molecule has 1 aliphatic carbocycles. The summed E-state index contributed by atoms with van der Waals surface area (Å²) in [6, 6.07) is 6.52. The average Bonchev–Trinajstić information content (AvgIpc) is 3.19. The lowest BCUT2D eigenvalue weighted by molar-refractivity contribution is 0.0228. The molecule has 1 aliphatic rings. The van der Waals surface area contributed by atoms with Gasteiger partial charge in [-0.05, 0) is 50.6 Å². The summed E-state index contributed by atoms with van der Waals surface area (Å²) < 4.78 is 22.9. The number of rotatable bonds is 7. The van der Waals surface area contributed by atoms with Gasteiger partial charge in [0.25, 0.3) is 0 Å². The standard InChI is InChI=1S/C16H25NO3S/c1-16(18,12-17(2)11-10-13-4-5-13)14-6-8-15(9-7-14)21(3,19)20/h6-9,13,18H,4-5,10-12H2,1-3H3. The molecular weight excluding hydrogens is 286 g/mol. The van der Waals surface area contributed by atoms with Crippen LogP contribution in [-0.2, 0) is 15.4 Å². The summed E-state index contributed by atoms with van der Waals surface area (Å²) in [5.74, 6) is 0.881. The van der Waals surface area contributed by atoms with E-state index in [0.29, 0.717) is 6.54 Å². The van der Waals surface area contributed by atoms with E-state index < -0.39 is 15.4 Å². The molecule has 0 saturated heterocycles. The Bertz CT molecular complexity index is 574. The Labute approximate surface area is 127 Å². The molecule has 0 amide bonds. The molecule has 1 atom stereocenters. The van der Waals surface area contributed by atoms with Crippen molar-refractivity contribution in [3.63, 3.8) is 0 Å². The van der Waals surface area contributed by atoms with Gasteiger partial charge in [0.05, 0.1) is 10.5 Å². The first-order chi connectivity index (χ1) is 9.68. The van der Waals surface area contributed by atoms with Crippen molar-refractivity contribution in [3.05, 3.63) is 29.8 Å². The maximum absolute atomic E-state index is 11.5.